The van der Waals surface area contributed by atoms with E-state index >= 15 is 0 Å². The molecule has 1 aliphatic carbocycles. The maximum atomic E-state index is 10.2. The SMILES string of the molecule is Cc1ccc(O)c2c1C(C)CC2NC(C)c1nn[nH]n1. The fourth-order valence-corrected chi connectivity index (χ4v) is 3.22. The van der Waals surface area contributed by atoms with Crippen molar-refractivity contribution in [2.75, 3.05) is 0 Å². The van der Waals surface area contributed by atoms with E-state index in [2.05, 4.69) is 39.8 Å². The number of nitrogens with one attached hydrogen (secondary N) is 2. The monoisotopic (exact) mass is 273 g/mol. The molecule has 1 aliphatic rings. The molecule has 0 saturated carbocycles. The molecule has 0 bridgehead atoms. The Labute approximate surface area is 117 Å². The standard InChI is InChI=1S/C14H19N5O/c1-7-4-5-11(20)13-10(6-8(2)12(7)13)15-9(3)14-16-18-19-17-14/h4-5,8-10,15,20H,6H2,1-3H3,(H,16,17,18,19). The highest BCUT2D eigenvalue weighted by molar-refractivity contribution is 5.50. The van der Waals surface area contributed by atoms with E-state index in [4.69, 9.17) is 0 Å². The molecule has 3 N–H and O–H groups in total. The third-order valence-electron chi connectivity index (χ3n) is 4.11. The van der Waals surface area contributed by atoms with Crippen molar-refractivity contribution in [2.24, 2.45) is 0 Å². The summed E-state index contributed by atoms with van der Waals surface area (Å²) < 4.78 is 0. The van der Waals surface area contributed by atoms with Crippen molar-refractivity contribution >= 4 is 0 Å². The fourth-order valence-electron chi connectivity index (χ4n) is 3.22. The highest BCUT2D eigenvalue weighted by atomic mass is 16.3. The number of phenolic OH excluding ortho intramolecular Hbond substituents is 1. The molecule has 0 spiro atoms. The maximum Gasteiger partial charge on any atom is 0.191 e. The minimum atomic E-state index is -0.0168. The second kappa shape index (κ2) is 4.86. The van der Waals surface area contributed by atoms with Crippen LogP contribution >= 0.6 is 0 Å². The van der Waals surface area contributed by atoms with Gasteiger partial charge in [-0.15, -0.1) is 10.2 Å². The van der Waals surface area contributed by atoms with Gasteiger partial charge in [0, 0.05) is 11.6 Å². The lowest BCUT2D eigenvalue weighted by Gasteiger charge is -2.19. The van der Waals surface area contributed by atoms with E-state index in [0.29, 0.717) is 17.5 Å². The van der Waals surface area contributed by atoms with Crippen molar-refractivity contribution in [3.05, 3.63) is 34.6 Å². The minimum absolute atomic E-state index is 0.0168. The Hall–Kier alpha value is -1.95. The van der Waals surface area contributed by atoms with E-state index in [9.17, 15) is 5.11 Å². The molecule has 1 heterocycles. The van der Waals surface area contributed by atoms with Crippen LogP contribution in [0.4, 0.5) is 0 Å². The first-order valence-corrected chi connectivity index (χ1v) is 6.89. The molecule has 0 radical (unpaired) electrons. The van der Waals surface area contributed by atoms with Gasteiger partial charge in [-0.1, -0.05) is 18.2 Å². The summed E-state index contributed by atoms with van der Waals surface area (Å²) in [4.78, 5) is 0. The van der Waals surface area contributed by atoms with Gasteiger partial charge in [0.25, 0.3) is 0 Å². The third-order valence-corrected chi connectivity index (χ3v) is 4.11. The number of aromatic amines is 1. The normalized spacial score (nSPS) is 22.8. The molecule has 0 aliphatic heterocycles. The lowest BCUT2D eigenvalue weighted by Crippen LogP contribution is -2.24. The molecule has 0 fully saturated rings. The summed E-state index contributed by atoms with van der Waals surface area (Å²) in [5.74, 6) is 1.44. The first-order valence-electron chi connectivity index (χ1n) is 6.89. The Morgan fingerprint density at radius 1 is 1.40 bits per heavy atom. The molecule has 6 nitrogen and oxygen atoms in total. The number of aromatic nitrogens is 4. The van der Waals surface area contributed by atoms with Crippen LogP contribution < -0.4 is 5.32 Å². The molecule has 1 aromatic heterocycles. The molecule has 2 aromatic rings. The van der Waals surface area contributed by atoms with Crippen molar-refractivity contribution in [3.8, 4) is 5.75 Å². The van der Waals surface area contributed by atoms with Crippen LogP contribution in [-0.4, -0.2) is 25.7 Å². The Kier molecular flexibility index (Phi) is 3.17. The van der Waals surface area contributed by atoms with Crippen LogP contribution in [0.2, 0.25) is 0 Å². The highest BCUT2D eigenvalue weighted by Crippen LogP contribution is 2.46. The Balaban J connectivity index is 1.90. The van der Waals surface area contributed by atoms with E-state index in [1.54, 1.807) is 6.07 Å². The summed E-state index contributed by atoms with van der Waals surface area (Å²) in [5, 5.41) is 27.7. The number of fused-ring (bicyclic) bond motifs is 1. The molecule has 3 atom stereocenters. The number of aryl methyl sites for hydroxylation is 1. The summed E-state index contributed by atoms with van der Waals surface area (Å²) in [6, 6.07) is 3.86. The Morgan fingerprint density at radius 3 is 2.90 bits per heavy atom. The fraction of sp³-hybridized carbons (Fsp3) is 0.500. The Bertz CT molecular complexity index is 610. The zero-order chi connectivity index (χ0) is 14.3. The van der Waals surface area contributed by atoms with E-state index in [-0.39, 0.29) is 12.1 Å². The van der Waals surface area contributed by atoms with Gasteiger partial charge in [0.1, 0.15) is 5.75 Å². The number of hydrogen-bond donors (Lipinski definition) is 3. The zero-order valence-corrected chi connectivity index (χ0v) is 11.9. The van der Waals surface area contributed by atoms with Gasteiger partial charge in [-0.25, -0.2) is 0 Å². The summed E-state index contributed by atoms with van der Waals surface area (Å²) in [5.41, 5.74) is 3.53. The number of rotatable bonds is 3. The van der Waals surface area contributed by atoms with Crippen molar-refractivity contribution in [3.63, 3.8) is 0 Å². The number of aromatic hydroxyl groups is 1. The Morgan fingerprint density at radius 2 is 2.20 bits per heavy atom. The van der Waals surface area contributed by atoms with Crippen LogP contribution in [0.1, 0.15) is 60.8 Å². The van der Waals surface area contributed by atoms with Gasteiger partial charge in [-0.2, -0.15) is 5.21 Å². The number of benzene rings is 1. The summed E-state index contributed by atoms with van der Waals surface area (Å²) in [7, 11) is 0. The topological polar surface area (TPSA) is 86.7 Å². The summed E-state index contributed by atoms with van der Waals surface area (Å²) in [6.45, 7) is 6.30. The molecular weight excluding hydrogens is 254 g/mol. The zero-order valence-electron chi connectivity index (χ0n) is 11.9. The van der Waals surface area contributed by atoms with Crippen LogP contribution in [0.15, 0.2) is 12.1 Å². The van der Waals surface area contributed by atoms with Gasteiger partial charge in [0.2, 0.25) is 0 Å². The van der Waals surface area contributed by atoms with Crippen molar-refractivity contribution in [2.45, 2.75) is 45.2 Å². The number of phenols is 1. The van der Waals surface area contributed by atoms with Gasteiger partial charge >= 0.3 is 0 Å². The quantitative estimate of drug-likeness (QED) is 0.797. The average molecular weight is 273 g/mol. The maximum absolute atomic E-state index is 10.2. The molecular formula is C14H19N5O. The largest absolute Gasteiger partial charge is 0.508 e. The average Bonchev–Trinajstić information content (AvgIpc) is 3.03. The van der Waals surface area contributed by atoms with Crippen LogP contribution in [0, 0.1) is 6.92 Å². The van der Waals surface area contributed by atoms with Crippen LogP contribution in [-0.2, 0) is 0 Å². The smallest absolute Gasteiger partial charge is 0.191 e. The highest BCUT2D eigenvalue weighted by Gasteiger charge is 2.33. The first-order chi connectivity index (χ1) is 9.58. The first kappa shape index (κ1) is 13.1. The van der Waals surface area contributed by atoms with E-state index in [0.717, 1.165) is 12.0 Å². The van der Waals surface area contributed by atoms with Crippen LogP contribution in [0.25, 0.3) is 0 Å². The van der Waals surface area contributed by atoms with Crippen LogP contribution in [0.5, 0.6) is 5.75 Å². The molecule has 106 valence electrons. The molecule has 1 aromatic carbocycles. The molecule has 20 heavy (non-hydrogen) atoms. The van der Waals surface area contributed by atoms with Gasteiger partial charge < -0.3 is 10.4 Å². The molecule has 3 unspecified atom stereocenters. The number of nitrogens with zero attached hydrogens (tertiary/aromatic N) is 3. The van der Waals surface area contributed by atoms with Gasteiger partial charge in [0.05, 0.1) is 6.04 Å². The van der Waals surface area contributed by atoms with Crippen molar-refractivity contribution in [1.82, 2.24) is 25.9 Å². The van der Waals surface area contributed by atoms with Crippen molar-refractivity contribution in [1.29, 1.82) is 0 Å². The second-order valence-electron chi connectivity index (χ2n) is 5.58. The van der Waals surface area contributed by atoms with Gasteiger partial charge in [-0.3, -0.25) is 0 Å². The molecule has 0 saturated heterocycles. The predicted octanol–water partition coefficient (Wildman–Crippen LogP) is 2.11. The molecule has 3 rings (SSSR count). The third kappa shape index (κ3) is 2.06. The van der Waals surface area contributed by atoms with Crippen molar-refractivity contribution < 1.29 is 5.11 Å². The summed E-state index contributed by atoms with van der Waals surface area (Å²) in [6.07, 6.45) is 0.968. The lowest BCUT2D eigenvalue weighted by molar-refractivity contribution is 0.415. The number of tetrazole rings is 1. The van der Waals surface area contributed by atoms with E-state index < -0.39 is 0 Å². The summed E-state index contributed by atoms with van der Waals surface area (Å²) >= 11 is 0. The second-order valence-corrected chi connectivity index (χ2v) is 5.58. The van der Waals surface area contributed by atoms with Gasteiger partial charge in [0.15, 0.2) is 5.82 Å². The minimum Gasteiger partial charge on any atom is -0.508 e. The van der Waals surface area contributed by atoms with Crippen LogP contribution in [0.3, 0.4) is 0 Å². The number of hydrogen-bond acceptors (Lipinski definition) is 5. The predicted molar refractivity (Wildman–Crippen MR) is 74.3 cm³/mol. The van der Waals surface area contributed by atoms with Gasteiger partial charge in [-0.05, 0) is 43.4 Å². The molecule has 6 heteroatoms. The van der Waals surface area contributed by atoms with E-state index in [1.807, 2.05) is 13.0 Å². The lowest BCUT2D eigenvalue weighted by atomic mass is 9.97. The molecule has 0 amide bonds. The number of H-pyrrole nitrogens is 1. The van der Waals surface area contributed by atoms with E-state index in [1.165, 1.54) is 11.1 Å².